The smallest absolute Gasteiger partial charge is 0.136 e. The van der Waals surface area contributed by atoms with Crippen LogP contribution in [-0.4, -0.2) is 16.9 Å². The number of alkyl halides is 2. The van der Waals surface area contributed by atoms with Crippen molar-refractivity contribution < 1.29 is 0 Å². The quantitative estimate of drug-likeness (QED) is 0.397. The lowest BCUT2D eigenvalue weighted by Gasteiger charge is -2.07. The Morgan fingerprint density at radius 2 is 2.18 bits per heavy atom. The van der Waals surface area contributed by atoms with E-state index in [4.69, 9.17) is 28.6 Å². The highest BCUT2D eigenvalue weighted by molar-refractivity contribution is 6.23. The largest absolute Gasteiger partial charge is 0.242 e. The topological polar surface area (TPSA) is 36.2 Å². The Kier molecular flexibility index (Phi) is 6.63. The summed E-state index contributed by atoms with van der Waals surface area (Å²) in [5.74, 6) is 0. The van der Waals surface area contributed by atoms with Gasteiger partial charge in [-0.3, -0.25) is 0 Å². The number of rotatable bonds is 5. The monoisotopic (exact) mass is 194 g/mol. The van der Waals surface area contributed by atoms with Crippen molar-refractivity contribution >= 4 is 29.2 Å². The zero-order chi connectivity index (χ0) is 8.69. The molecule has 0 heterocycles. The van der Waals surface area contributed by atoms with E-state index >= 15 is 0 Å². The van der Waals surface area contributed by atoms with Crippen LogP contribution in [0.2, 0.25) is 0 Å². The summed E-state index contributed by atoms with van der Waals surface area (Å²) in [6.45, 7) is 2.07. The summed E-state index contributed by atoms with van der Waals surface area (Å²) in [5, 5.41) is 6.60. The van der Waals surface area contributed by atoms with E-state index in [0.29, 0.717) is 6.42 Å². The van der Waals surface area contributed by atoms with Crippen LogP contribution in [0, 0.1) is 5.41 Å². The first kappa shape index (κ1) is 11.0. The summed E-state index contributed by atoms with van der Waals surface area (Å²) in [6.07, 6.45) is 2.60. The summed E-state index contributed by atoms with van der Waals surface area (Å²) in [4.78, 5) is 3.54. The molecule has 2 atom stereocenters. The third-order valence-corrected chi connectivity index (χ3v) is 1.93. The molecule has 0 radical (unpaired) electrons. The third-order valence-electron chi connectivity index (χ3n) is 1.26. The molecule has 0 aliphatic carbocycles. The molecule has 0 bridgehead atoms. The van der Waals surface area contributed by atoms with E-state index in [1.165, 1.54) is 0 Å². The van der Waals surface area contributed by atoms with E-state index in [1.807, 2.05) is 6.01 Å². The molecule has 1 N–H and O–H groups in total. The van der Waals surface area contributed by atoms with Gasteiger partial charge in [0.1, 0.15) is 5.50 Å². The van der Waals surface area contributed by atoms with Crippen LogP contribution < -0.4 is 0 Å². The fourth-order valence-electron chi connectivity index (χ4n) is 0.765. The molecule has 0 saturated heterocycles. The van der Waals surface area contributed by atoms with Crippen LogP contribution in [0.25, 0.3) is 0 Å². The summed E-state index contributed by atoms with van der Waals surface area (Å²) in [7, 11) is 0. The molecule has 0 aromatic carbocycles. The van der Waals surface area contributed by atoms with Crippen molar-refractivity contribution in [2.75, 3.05) is 0 Å². The Balaban J connectivity index is 3.56. The lowest BCUT2D eigenvalue weighted by Crippen LogP contribution is -2.05. The van der Waals surface area contributed by atoms with E-state index in [9.17, 15) is 0 Å². The number of nitrogens with zero attached hydrogens (tertiary/aromatic N) is 1. The molecule has 0 spiro atoms. The van der Waals surface area contributed by atoms with Gasteiger partial charge in [0.05, 0.1) is 6.01 Å². The predicted molar refractivity (Wildman–Crippen MR) is 49.0 cm³/mol. The average Bonchev–Trinajstić information content (AvgIpc) is 1.87. The molecule has 11 heavy (non-hydrogen) atoms. The highest BCUT2D eigenvalue weighted by Crippen LogP contribution is 2.15. The van der Waals surface area contributed by atoms with Gasteiger partial charge < -0.3 is 0 Å². The van der Waals surface area contributed by atoms with Gasteiger partial charge in [-0.1, -0.05) is 24.9 Å². The van der Waals surface area contributed by atoms with Crippen molar-refractivity contribution in [3.63, 3.8) is 0 Å². The molecule has 4 heteroatoms. The van der Waals surface area contributed by atoms with Crippen LogP contribution in [0.3, 0.4) is 0 Å². The van der Waals surface area contributed by atoms with E-state index < -0.39 is 0 Å². The SMILES string of the molecule is CCCC(Cl)CC(Cl)N=C=N. The first-order valence-electron chi connectivity index (χ1n) is 3.60. The van der Waals surface area contributed by atoms with Crippen LogP contribution in [-0.2, 0) is 0 Å². The van der Waals surface area contributed by atoms with Gasteiger partial charge in [-0.25, -0.2) is 10.4 Å². The predicted octanol–water partition coefficient (Wildman–Crippen LogP) is 3.10. The number of hydrogen-bond acceptors (Lipinski definition) is 2. The molecule has 2 unspecified atom stereocenters. The van der Waals surface area contributed by atoms with Crippen molar-refractivity contribution in [3.05, 3.63) is 0 Å². The van der Waals surface area contributed by atoms with Gasteiger partial charge >= 0.3 is 0 Å². The zero-order valence-electron chi connectivity index (χ0n) is 6.48. The molecule has 64 valence electrons. The fraction of sp³-hybridized carbons (Fsp3) is 0.857. The van der Waals surface area contributed by atoms with Crippen LogP contribution in [0.15, 0.2) is 4.99 Å². The van der Waals surface area contributed by atoms with E-state index in [-0.39, 0.29) is 10.9 Å². The Morgan fingerprint density at radius 3 is 2.64 bits per heavy atom. The minimum Gasteiger partial charge on any atom is -0.242 e. The van der Waals surface area contributed by atoms with Gasteiger partial charge in [-0.05, 0) is 6.42 Å². The van der Waals surface area contributed by atoms with E-state index in [0.717, 1.165) is 12.8 Å². The molecule has 0 saturated carbocycles. The molecule has 2 nitrogen and oxygen atoms in total. The summed E-state index contributed by atoms with van der Waals surface area (Å²) >= 11 is 11.6. The summed E-state index contributed by atoms with van der Waals surface area (Å²) in [6, 6.07) is 1.90. The molecule has 0 aromatic rings. The van der Waals surface area contributed by atoms with Gasteiger partial charge in [0, 0.05) is 11.8 Å². The molecule has 0 rings (SSSR count). The molecular weight excluding hydrogens is 183 g/mol. The van der Waals surface area contributed by atoms with Crippen molar-refractivity contribution in [2.45, 2.75) is 37.1 Å². The number of hydrogen-bond donors (Lipinski definition) is 1. The lowest BCUT2D eigenvalue weighted by molar-refractivity contribution is 0.661. The maximum atomic E-state index is 6.54. The minimum absolute atomic E-state index is 0.0691. The van der Waals surface area contributed by atoms with Gasteiger partial charge in [0.2, 0.25) is 0 Å². The Morgan fingerprint density at radius 1 is 1.55 bits per heavy atom. The molecule has 0 amide bonds. The van der Waals surface area contributed by atoms with Crippen molar-refractivity contribution in [1.29, 1.82) is 5.41 Å². The molecular formula is C7H12Cl2N2. The first-order valence-corrected chi connectivity index (χ1v) is 4.47. The fourth-order valence-corrected chi connectivity index (χ4v) is 1.51. The van der Waals surface area contributed by atoms with Gasteiger partial charge in [0.15, 0.2) is 0 Å². The molecule has 0 fully saturated rings. The highest BCUT2D eigenvalue weighted by atomic mass is 35.5. The maximum absolute atomic E-state index is 6.54. The van der Waals surface area contributed by atoms with Gasteiger partial charge in [0.25, 0.3) is 0 Å². The third kappa shape index (κ3) is 6.36. The maximum Gasteiger partial charge on any atom is 0.136 e. The Hall–Kier alpha value is -0.0400. The van der Waals surface area contributed by atoms with Crippen LogP contribution in [0.5, 0.6) is 0 Å². The first-order chi connectivity index (χ1) is 5.20. The average molecular weight is 195 g/mol. The zero-order valence-corrected chi connectivity index (χ0v) is 7.99. The van der Waals surface area contributed by atoms with Gasteiger partial charge in [-0.2, -0.15) is 0 Å². The Labute approximate surface area is 77.1 Å². The second kappa shape index (κ2) is 6.66. The van der Waals surface area contributed by atoms with Crippen LogP contribution in [0.4, 0.5) is 0 Å². The number of halogens is 2. The lowest BCUT2D eigenvalue weighted by atomic mass is 10.2. The second-order valence-electron chi connectivity index (χ2n) is 2.30. The van der Waals surface area contributed by atoms with E-state index in [2.05, 4.69) is 11.9 Å². The second-order valence-corrected chi connectivity index (χ2v) is 3.42. The molecule has 0 aliphatic heterocycles. The number of nitrogens with one attached hydrogen (secondary N) is 1. The van der Waals surface area contributed by atoms with Crippen molar-refractivity contribution in [2.24, 2.45) is 4.99 Å². The normalized spacial score (nSPS) is 15.2. The van der Waals surface area contributed by atoms with Crippen molar-refractivity contribution in [1.82, 2.24) is 0 Å². The summed E-state index contributed by atoms with van der Waals surface area (Å²) < 4.78 is 0. The van der Waals surface area contributed by atoms with Gasteiger partial charge in [-0.15, -0.1) is 11.6 Å². The number of aliphatic imine (C=N–C) groups is 1. The Bertz CT molecular complexity index is 143. The minimum atomic E-state index is -0.387. The van der Waals surface area contributed by atoms with Crippen LogP contribution in [0.1, 0.15) is 26.2 Å². The highest BCUT2D eigenvalue weighted by Gasteiger charge is 2.09. The molecule has 0 aromatic heterocycles. The van der Waals surface area contributed by atoms with E-state index in [1.54, 1.807) is 0 Å². The standard InChI is InChI=1S/C7H12Cl2N2/c1-2-3-6(8)4-7(9)11-5-10/h6-7,10H,2-4H2,1H3. The van der Waals surface area contributed by atoms with Crippen LogP contribution >= 0.6 is 23.2 Å². The summed E-state index contributed by atoms with van der Waals surface area (Å²) in [5.41, 5.74) is -0.387. The van der Waals surface area contributed by atoms with Crippen molar-refractivity contribution in [3.8, 4) is 0 Å². The molecule has 0 aliphatic rings.